The summed E-state index contributed by atoms with van der Waals surface area (Å²) in [6.07, 6.45) is 4.66. The van der Waals surface area contributed by atoms with Gasteiger partial charge in [-0.15, -0.1) is 11.8 Å². The summed E-state index contributed by atoms with van der Waals surface area (Å²) in [5.74, 6) is -0.298. The third-order valence-corrected chi connectivity index (χ3v) is 7.28. The second kappa shape index (κ2) is 11.6. The van der Waals surface area contributed by atoms with Crippen LogP contribution in [0.5, 0.6) is 0 Å². The van der Waals surface area contributed by atoms with E-state index >= 15 is 0 Å². The van der Waals surface area contributed by atoms with Crippen LogP contribution in [0.2, 0.25) is 0 Å². The van der Waals surface area contributed by atoms with Crippen molar-refractivity contribution in [2.45, 2.75) is 89.7 Å². The molecule has 1 atom stereocenters. The topological polar surface area (TPSA) is 82.1 Å². The predicted octanol–water partition coefficient (Wildman–Crippen LogP) is 4.93. The van der Waals surface area contributed by atoms with Crippen LogP contribution in [0.4, 0.5) is 0 Å². The SMILES string of the molecule is CCCCC(CC)COC(=O)CCSc1cc(B2OC(C)(C)C(C)(C)O2)cc(C(=O)O)c1. The number of esters is 1. The second-order valence-electron chi connectivity index (χ2n) is 9.38. The van der Waals surface area contributed by atoms with E-state index < -0.39 is 24.3 Å². The molecule has 1 unspecified atom stereocenters. The lowest BCUT2D eigenvalue weighted by Crippen LogP contribution is -2.41. The first-order chi connectivity index (χ1) is 15.0. The molecule has 0 radical (unpaired) electrons. The molecule has 0 bridgehead atoms. The number of hydrogen-bond acceptors (Lipinski definition) is 6. The molecule has 1 fully saturated rings. The van der Waals surface area contributed by atoms with Crippen LogP contribution < -0.4 is 5.46 Å². The van der Waals surface area contributed by atoms with Crippen LogP contribution in [0.15, 0.2) is 23.1 Å². The van der Waals surface area contributed by atoms with Gasteiger partial charge in [0.25, 0.3) is 0 Å². The molecule has 1 aromatic rings. The van der Waals surface area contributed by atoms with E-state index in [0.29, 0.717) is 23.7 Å². The second-order valence-corrected chi connectivity index (χ2v) is 10.6. The Morgan fingerprint density at radius 1 is 1.12 bits per heavy atom. The molecule has 2 rings (SSSR count). The molecule has 32 heavy (non-hydrogen) atoms. The van der Waals surface area contributed by atoms with Crippen molar-refractivity contribution in [2.75, 3.05) is 12.4 Å². The van der Waals surface area contributed by atoms with Crippen LogP contribution in [0.1, 0.15) is 84.0 Å². The molecule has 1 saturated heterocycles. The molecule has 1 heterocycles. The number of carbonyl (C=O) groups is 2. The van der Waals surface area contributed by atoms with Crippen molar-refractivity contribution in [3.8, 4) is 0 Å². The number of ether oxygens (including phenoxy) is 1. The number of aromatic carboxylic acids is 1. The van der Waals surface area contributed by atoms with Crippen molar-refractivity contribution in [3.05, 3.63) is 23.8 Å². The highest BCUT2D eigenvalue weighted by molar-refractivity contribution is 7.99. The highest BCUT2D eigenvalue weighted by atomic mass is 32.2. The van der Waals surface area contributed by atoms with Crippen LogP contribution in [0.25, 0.3) is 0 Å². The number of benzene rings is 1. The van der Waals surface area contributed by atoms with E-state index in [4.69, 9.17) is 14.0 Å². The lowest BCUT2D eigenvalue weighted by Gasteiger charge is -2.32. The van der Waals surface area contributed by atoms with Crippen molar-refractivity contribution in [2.24, 2.45) is 5.92 Å². The maximum atomic E-state index is 12.2. The van der Waals surface area contributed by atoms with Crippen LogP contribution in [0, 0.1) is 5.92 Å². The minimum atomic E-state index is -1.01. The summed E-state index contributed by atoms with van der Waals surface area (Å²) in [5.41, 5.74) is -0.192. The Labute approximate surface area is 196 Å². The first-order valence-electron chi connectivity index (χ1n) is 11.5. The van der Waals surface area contributed by atoms with E-state index in [1.54, 1.807) is 12.1 Å². The van der Waals surface area contributed by atoms with Crippen molar-refractivity contribution < 1.29 is 28.7 Å². The molecule has 0 spiro atoms. The standard InChI is InChI=1S/C24H37BO6S/c1-7-9-10-17(8-2)16-29-21(26)11-12-32-20-14-18(22(27)28)13-19(15-20)25-30-23(3,4)24(5,6)31-25/h13-15,17H,7-12,16H2,1-6H3,(H,27,28). The van der Waals surface area contributed by atoms with Gasteiger partial charge in [0.05, 0.1) is 29.8 Å². The predicted molar refractivity (Wildman–Crippen MR) is 129 cm³/mol. The van der Waals surface area contributed by atoms with E-state index in [-0.39, 0.29) is 18.0 Å². The van der Waals surface area contributed by atoms with E-state index in [2.05, 4.69) is 13.8 Å². The summed E-state index contributed by atoms with van der Waals surface area (Å²) < 4.78 is 17.6. The first kappa shape index (κ1) is 26.7. The van der Waals surface area contributed by atoms with Gasteiger partial charge in [-0.1, -0.05) is 33.1 Å². The number of rotatable bonds is 12. The Kier molecular flexibility index (Phi) is 9.67. The molecule has 0 amide bonds. The fourth-order valence-corrected chi connectivity index (χ4v) is 4.31. The van der Waals surface area contributed by atoms with Crippen LogP contribution in [0.3, 0.4) is 0 Å². The molecule has 0 saturated carbocycles. The number of unbranched alkanes of at least 4 members (excludes halogenated alkanes) is 1. The van der Waals surface area contributed by atoms with Gasteiger partial charge in [0.1, 0.15) is 0 Å². The van der Waals surface area contributed by atoms with E-state index in [1.165, 1.54) is 11.8 Å². The van der Waals surface area contributed by atoms with Crippen LogP contribution in [-0.4, -0.2) is 47.7 Å². The molecule has 1 aliphatic rings. The molecule has 0 aliphatic carbocycles. The number of carbonyl (C=O) groups excluding carboxylic acids is 1. The third kappa shape index (κ3) is 7.25. The molecule has 178 valence electrons. The Hall–Kier alpha value is -1.51. The van der Waals surface area contributed by atoms with E-state index in [1.807, 2.05) is 33.8 Å². The van der Waals surface area contributed by atoms with E-state index in [0.717, 1.165) is 30.6 Å². The zero-order chi connectivity index (χ0) is 23.9. The molecule has 1 N–H and O–H groups in total. The molecular weight excluding hydrogens is 427 g/mol. The maximum absolute atomic E-state index is 12.2. The highest BCUT2D eigenvalue weighted by Gasteiger charge is 2.51. The van der Waals surface area contributed by atoms with Gasteiger partial charge in [-0.05, 0) is 63.7 Å². The molecule has 0 aromatic heterocycles. The lowest BCUT2D eigenvalue weighted by molar-refractivity contribution is -0.144. The van der Waals surface area contributed by atoms with E-state index in [9.17, 15) is 14.7 Å². The Morgan fingerprint density at radius 3 is 2.34 bits per heavy atom. The largest absolute Gasteiger partial charge is 0.494 e. The van der Waals surface area contributed by atoms with Gasteiger partial charge < -0.3 is 19.2 Å². The van der Waals surface area contributed by atoms with Gasteiger partial charge in [0.15, 0.2) is 0 Å². The summed E-state index contributed by atoms with van der Waals surface area (Å²) in [6, 6.07) is 5.08. The van der Waals surface area contributed by atoms with Gasteiger partial charge in [-0.3, -0.25) is 4.79 Å². The fourth-order valence-electron chi connectivity index (χ4n) is 3.38. The normalized spacial score (nSPS) is 17.9. The Balaban J connectivity index is 1.97. The van der Waals surface area contributed by atoms with Crippen molar-refractivity contribution >= 4 is 36.3 Å². The molecule has 1 aliphatic heterocycles. The summed E-state index contributed by atoms with van der Waals surface area (Å²) in [5, 5.41) is 9.54. The third-order valence-electron chi connectivity index (χ3n) is 6.30. The number of carboxylic acids is 1. The summed E-state index contributed by atoms with van der Waals surface area (Å²) in [6.45, 7) is 12.6. The summed E-state index contributed by atoms with van der Waals surface area (Å²) >= 11 is 1.43. The smallest absolute Gasteiger partial charge is 0.478 e. The van der Waals surface area contributed by atoms with Gasteiger partial charge in [-0.2, -0.15) is 0 Å². The van der Waals surface area contributed by atoms with Gasteiger partial charge >= 0.3 is 19.1 Å². The number of carboxylic acid groups (broad SMARTS) is 1. The van der Waals surface area contributed by atoms with Crippen LogP contribution >= 0.6 is 11.8 Å². The monoisotopic (exact) mass is 464 g/mol. The summed E-state index contributed by atoms with van der Waals surface area (Å²) in [7, 11) is -0.641. The zero-order valence-electron chi connectivity index (χ0n) is 20.2. The minimum absolute atomic E-state index is 0.170. The highest BCUT2D eigenvalue weighted by Crippen LogP contribution is 2.36. The number of hydrogen-bond donors (Lipinski definition) is 1. The Bertz CT molecular complexity index is 779. The quantitative estimate of drug-likeness (QED) is 0.267. The van der Waals surface area contributed by atoms with Crippen molar-refractivity contribution in [1.82, 2.24) is 0 Å². The number of thioether (sulfide) groups is 1. The fraction of sp³-hybridized carbons (Fsp3) is 0.667. The van der Waals surface area contributed by atoms with Gasteiger partial charge in [0, 0.05) is 10.6 Å². The lowest BCUT2D eigenvalue weighted by atomic mass is 9.78. The maximum Gasteiger partial charge on any atom is 0.494 e. The first-order valence-corrected chi connectivity index (χ1v) is 12.5. The van der Waals surface area contributed by atoms with Gasteiger partial charge in [-0.25, -0.2) is 4.79 Å². The van der Waals surface area contributed by atoms with Crippen molar-refractivity contribution in [1.29, 1.82) is 0 Å². The average Bonchev–Trinajstić information content (AvgIpc) is 2.95. The summed E-state index contributed by atoms with van der Waals surface area (Å²) in [4.78, 5) is 24.6. The minimum Gasteiger partial charge on any atom is -0.478 e. The van der Waals surface area contributed by atoms with Gasteiger partial charge in [0.2, 0.25) is 0 Å². The van der Waals surface area contributed by atoms with Crippen LogP contribution in [-0.2, 0) is 18.8 Å². The van der Waals surface area contributed by atoms with Crippen molar-refractivity contribution in [3.63, 3.8) is 0 Å². The molecule has 8 heteroatoms. The molecular formula is C24H37BO6S. The zero-order valence-corrected chi connectivity index (χ0v) is 21.0. The molecule has 1 aromatic carbocycles. The Morgan fingerprint density at radius 2 is 1.78 bits per heavy atom. The molecule has 6 nitrogen and oxygen atoms in total. The average molecular weight is 464 g/mol.